The van der Waals surface area contributed by atoms with Crippen molar-refractivity contribution in [3.8, 4) is 0 Å². The second-order valence-corrected chi connectivity index (χ2v) is 6.32. The fraction of sp³-hybridized carbons (Fsp3) is 0.467. The van der Waals surface area contributed by atoms with E-state index in [1.807, 2.05) is 13.8 Å². The summed E-state index contributed by atoms with van der Waals surface area (Å²) in [6.07, 6.45) is 0.949. The highest BCUT2D eigenvalue weighted by molar-refractivity contribution is 6.42. The minimum absolute atomic E-state index is 0.0112. The number of nitrogens with two attached hydrogens (primary N) is 1. The summed E-state index contributed by atoms with van der Waals surface area (Å²) < 4.78 is 0. The first-order chi connectivity index (χ1) is 9.85. The standard InChI is InChI=1S/C15H18Cl2N2O2/c1-3-7(2)14-12(6-13(18)20)19-11-5-10(17)9(16)4-8(11)15(14)21/h4-5,7,12,14,19H,3,6H2,1-2H3,(H2,18,20). The predicted octanol–water partition coefficient (Wildman–Crippen LogP) is 3.51. The summed E-state index contributed by atoms with van der Waals surface area (Å²) in [7, 11) is 0. The summed E-state index contributed by atoms with van der Waals surface area (Å²) in [6, 6.07) is 2.90. The van der Waals surface area contributed by atoms with Gasteiger partial charge in [-0.25, -0.2) is 0 Å². The molecule has 0 spiro atoms. The first kappa shape index (κ1) is 16.1. The highest BCUT2D eigenvalue weighted by Gasteiger charge is 2.39. The summed E-state index contributed by atoms with van der Waals surface area (Å²) in [5.74, 6) is -0.607. The summed E-state index contributed by atoms with van der Waals surface area (Å²) in [5, 5.41) is 3.95. The Morgan fingerprint density at radius 1 is 1.38 bits per heavy atom. The molecule has 1 aromatic rings. The lowest BCUT2D eigenvalue weighted by Gasteiger charge is -2.36. The second-order valence-electron chi connectivity index (χ2n) is 5.51. The number of hydrogen-bond donors (Lipinski definition) is 2. The van der Waals surface area contributed by atoms with Crippen LogP contribution in [0.1, 0.15) is 37.0 Å². The molecule has 0 radical (unpaired) electrons. The molecule has 0 saturated heterocycles. The lowest BCUT2D eigenvalue weighted by atomic mass is 9.76. The highest BCUT2D eigenvalue weighted by atomic mass is 35.5. The van der Waals surface area contributed by atoms with Crippen LogP contribution in [0.4, 0.5) is 5.69 Å². The number of nitrogens with one attached hydrogen (secondary N) is 1. The van der Waals surface area contributed by atoms with Crippen LogP contribution in [0, 0.1) is 11.8 Å². The molecule has 0 aliphatic carbocycles. The second kappa shape index (κ2) is 6.24. The number of carbonyl (C=O) groups is 2. The largest absolute Gasteiger partial charge is 0.380 e. The van der Waals surface area contributed by atoms with Gasteiger partial charge in [0.1, 0.15) is 0 Å². The maximum atomic E-state index is 12.8. The van der Waals surface area contributed by atoms with Crippen LogP contribution in [0.3, 0.4) is 0 Å². The Morgan fingerprint density at radius 2 is 2.00 bits per heavy atom. The molecule has 1 amide bonds. The Hall–Kier alpha value is -1.26. The molecule has 0 fully saturated rings. The van der Waals surface area contributed by atoms with Crippen LogP contribution in [-0.2, 0) is 4.79 Å². The van der Waals surface area contributed by atoms with Crippen molar-refractivity contribution in [3.05, 3.63) is 27.7 Å². The SMILES string of the molecule is CCC(C)C1C(=O)c2cc(Cl)c(Cl)cc2NC1CC(N)=O. The van der Waals surface area contributed by atoms with Crippen molar-refractivity contribution in [1.82, 2.24) is 0 Å². The van der Waals surface area contributed by atoms with E-state index in [4.69, 9.17) is 28.9 Å². The smallest absolute Gasteiger partial charge is 0.219 e. The van der Waals surface area contributed by atoms with Crippen LogP contribution in [0.15, 0.2) is 12.1 Å². The van der Waals surface area contributed by atoms with Gasteiger partial charge in [-0.05, 0) is 18.1 Å². The third-order valence-electron chi connectivity index (χ3n) is 4.08. The molecule has 3 N–H and O–H groups in total. The fourth-order valence-electron chi connectivity index (χ4n) is 2.83. The third-order valence-corrected chi connectivity index (χ3v) is 4.80. The van der Waals surface area contributed by atoms with Crippen molar-refractivity contribution < 1.29 is 9.59 Å². The maximum Gasteiger partial charge on any atom is 0.219 e. The topological polar surface area (TPSA) is 72.2 Å². The van der Waals surface area contributed by atoms with Crippen LogP contribution in [0.25, 0.3) is 0 Å². The van der Waals surface area contributed by atoms with Crippen molar-refractivity contribution in [2.45, 2.75) is 32.7 Å². The zero-order chi connectivity index (χ0) is 15.7. The number of halogens is 2. The number of primary amides is 1. The maximum absolute atomic E-state index is 12.8. The number of hydrogen-bond acceptors (Lipinski definition) is 3. The number of rotatable bonds is 4. The van der Waals surface area contributed by atoms with Gasteiger partial charge in [0.15, 0.2) is 5.78 Å². The van der Waals surface area contributed by atoms with Crippen LogP contribution in [0.5, 0.6) is 0 Å². The number of Topliss-reactive ketones (excluding diaryl/α,β-unsaturated/α-hetero) is 1. The van der Waals surface area contributed by atoms with E-state index < -0.39 is 5.91 Å². The van der Waals surface area contributed by atoms with Crippen LogP contribution in [0.2, 0.25) is 10.0 Å². The molecule has 3 unspecified atom stereocenters. The Kier molecular flexibility index (Phi) is 4.79. The molecule has 1 aliphatic rings. The van der Waals surface area contributed by atoms with Gasteiger partial charge in [-0.1, -0.05) is 43.5 Å². The zero-order valence-corrected chi connectivity index (χ0v) is 13.5. The molecule has 1 aromatic carbocycles. The monoisotopic (exact) mass is 328 g/mol. The Morgan fingerprint density at radius 3 is 2.57 bits per heavy atom. The number of fused-ring (bicyclic) bond motifs is 1. The quantitative estimate of drug-likeness (QED) is 0.888. The van der Waals surface area contributed by atoms with Gasteiger partial charge in [0.05, 0.1) is 10.0 Å². The molecule has 0 saturated carbocycles. The van der Waals surface area contributed by atoms with E-state index in [-0.39, 0.29) is 30.1 Å². The van der Waals surface area contributed by atoms with Crippen molar-refractivity contribution in [2.24, 2.45) is 17.6 Å². The van der Waals surface area contributed by atoms with Crippen LogP contribution in [-0.4, -0.2) is 17.7 Å². The minimum Gasteiger partial charge on any atom is -0.380 e. The molecular formula is C15H18Cl2N2O2. The fourth-order valence-corrected chi connectivity index (χ4v) is 3.15. The molecule has 21 heavy (non-hydrogen) atoms. The number of ketones is 1. The molecule has 2 rings (SSSR count). The number of benzene rings is 1. The van der Waals surface area contributed by atoms with Gasteiger partial charge < -0.3 is 11.1 Å². The van der Waals surface area contributed by atoms with E-state index in [2.05, 4.69) is 5.32 Å². The summed E-state index contributed by atoms with van der Waals surface area (Å²) in [6.45, 7) is 4.02. The Balaban J connectivity index is 2.47. The van der Waals surface area contributed by atoms with E-state index in [1.54, 1.807) is 12.1 Å². The molecular weight excluding hydrogens is 311 g/mol. The summed E-state index contributed by atoms with van der Waals surface area (Å²) in [4.78, 5) is 24.1. The molecule has 4 nitrogen and oxygen atoms in total. The van der Waals surface area contributed by atoms with E-state index in [0.29, 0.717) is 21.3 Å². The first-order valence-electron chi connectivity index (χ1n) is 6.93. The van der Waals surface area contributed by atoms with Crippen molar-refractivity contribution in [2.75, 3.05) is 5.32 Å². The van der Waals surface area contributed by atoms with E-state index in [0.717, 1.165) is 6.42 Å². The normalized spacial score (nSPS) is 22.4. The van der Waals surface area contributed by atoms with Gasteiger partial charge in [0, 0.05) is 29.6 Å². The number of amides is 1. The average molecular weight is 329 g/mol. The summed E-state index contributed by atoms with van der Waals surface area (Å²) in [5.41, 5.74) is 6.44. The molecule has 6 heteroatoms. The van der Waals surface area contributed by atoms with Crippen LogP contribution >= 0.6 is 23.2 Å². The molecule has 114 valence electrons. The lowest BCUT2D eigenvalue weighted by molar-refractivity contribution is -0.118. The van der Waals surface area contributed by atoms with Gasteiger partial charge in [-0.15, -0.1) is 0 Å². The Labute approximate surface area is 134 Å². The van der Waals surface area contributed by atoms with Crippen molar-refractivity contribution >= 4 is 40.6 Å². The molecule has 1 aliphatic heterocycles. The third kappa shape index (κ3) is 3.16. The van der Waals surface area contributed by atoms with E-state index in [9.17, 15) is 9.59 Å². The number of anilines is 1. The van der Waals surface area contributed by atoms with Gasteiger partial charge in [-0.2, -0.15) is 0 Å². The molecule has 1 heterocycles. The van der Waals surface area contributed by atoms with Gasteiger partial charge >= 0.3 is 0 Å². The van der Waals surface area contributed by atoms with Crippen LogP contribution < -0.4 is 11.1 Å². The first-order valence-corrected chi connectivity index (χ1v) is 7.68. The minimum atomic E-state index is -0.433. The van der Waals surface area contributed by atoms with Gasteiger partial charge in [-0.3, -0.25) is 9.59 Å². The van der Waals surface area contributed by atoms with Gasteiger partial charge in [0.2, 0.25) is 5.91 Å². The summed E-state index contributed by atoms with van der Waals surface area (Å²) >= 11 is 12.0. The van der Waals surface area contributed by atoms with Crippen molar-refractivity contribution in [1.29, 1.82) is 0 Å². The lowest BCUT2D eigenvalue weighted by Crippen LogP contribution is -2.45. The molecule has 0 bridgehead atoms. The Bertz CT molecular complexity index is 589. The molecule has 0 aromatic heterocycles. The highest BCUT2D eigenvalue weighted by Crippen LogP contribution is 2.38. The van der Waals surface area contributed by atoms with E-state index in [1.165, 1.54) is 0 Å². The van der Waals surface area contributed by atoms with E-state index >= 15 is 0 Å². The molecule has 3 atom stereocenters. The van der Waals surface area contributed by atoms with Crippen molar-refractivity contribution in [3.63, 3.8) is 0 Å². The predicted molar refractivity (Wildman–Crippen MR) is 85.0 cm³/mol. The zero-order valence-electron chi connectivity index (χ0n) is 12.0. The number of carbonyl (C=O) groups excluding carboxylic acids is 2. The average Bonchev–Trinajstić information content (AvgIpc) is 2.40. The van der Waals surface area contributed by atoms with Gasteiger partial charge in [0.25, 0.3) is 0 Å².